The van der Waals surface area contributed by atoms with E-state index in [0.717, 1.165) is 10.5 Å². The number of hydrogen-bond donors (Lipinski definition) is 1. The monoisotopic (exact) mass is 344 g/mol. The van der Waals surface area contributed by atoms with Crippen molar-refractivity contribution in [1.29, 1.82) is 0 Å². The van der Waals surface area contributed by atoms with Crippen LogP contribution in [-0.2, 0) is 15.8 Å². The molecule has 0 saturated carbocycles. The number of aryl methyl sites for hydroxylation is 1. The first-order chi connectivity index (χ1) is 11.3. The summed E-state index contributed by atoms with van der Waals surface area (Å²) in [7, 11) is -2.23. The number of carbonyl (C=O) groups is 2. The number of nitrogens with one attached hydrogen (secondary N) is 1. The third-order valence-electron chi connectivity index (χ3n) is 3.80. The Morgan fingerprint density at radius 3 is 2.42 bits per heavy atom. The van der Waals surface area contributed by atoms with Gasteiger partial charge in [0.05, 0.1) is 16.9 Å². The van der Waals surface area contributed by atoms with Gasteiger partial charge in [-0.3, -0.25) is 19.2 Å². The molecule has 2 aromatic rings. The van der Waals surface area contributed by atoms with Gasteiger partial charge in [-0.25, -0.2) is 8.42 Å². The maximum Gasteiger partial charge on any atom is 0.261 e. The van der Waals surface area contributed by atoms with Crippen molar-refractivity contribution in [2.75, 3.05) is 11.8 Å². The van der Waals surface area contributed by atoms with E-state index >= 15 is 0 Å². The molecule has 7 heteroatoms. The number of sulfonamides is 1. The lowest BCUT2D eigenvalue weighted by atomic mass is 10.1. The Morgan fingerprint density at radius 2 is 1.71 bits per heavy atom. The summed E-state index contributed by atoms with van der Waals surface area (Å²) in [5, 5.41) is 0. The van der Waals surface area contributed by atoms with Gasteiger partial charge >= 0.3 is 0 Å². The maximum absolute atomic E-state index is 12.3. The summed E-state index contributed by atoms with van der Waals surface area (Å²) in [5.41, 5.74) is 2.40. The average molecular weight is 344 g/mol. The Labute approximate surface area is 140 Å². The highest BCUT2D eigenvalue weighted by atomic mass is 32.2. The van der Waals surface area contributed by atoms with E-state index in [1.807, 2.05) is 13.0 Å². The van der Waals surface area contributed by atoms with Crippen LogP contribution in [0.5, 0.6) is 0 Å². The predicted molar refractivity (Wildman–Crippen MR) is 90.3 cm³/mol. The van der Waals surface area contributed by atoms with Gasteiger partial charge in [0.2, 0.25) is 10.0 Å². The van der Waals surface area contributed by atoms with Crippen molar-refractivity contribution in [3.05, 3.63) is 64.7 Å². The molecule has 0 aromatic heterocycles. The Kier molecular flexibility index (Phi) is 3.88. The molecule has 2 amide bonds. The zero-order valence-electron chi connectivity index (χ0n) is 13.2. The topological polar surface area (TPSA) is 83.6 Å². The van der Waals surface area contributed by atoms with Crippen LogP contribution in [0.25, 0.3) is 0 Å². The van der Waals surface area contributed by atoms with Crippen LogP contribution >= 0.6 is 0 Å². The van der Waals surface area contributed by atoms with Crippen LogP contribution in [0.2, 0.25) is 0 Å². The molecule has 6 nitrogen and oxygen atoms in total. The minimum Gasteiger partial charge on any atom is -0.283 e. The van der Waals surface area contributed by atoms with E-state index in [1.54, 1.807) is 18.2 Å². The SMILES string of the molecule is Cc1cccc(CS(=O)(=O)Nc2ccc3c(c2)C(=O)N(C)C3=O)c1. The van der Waals surface area contributed by atoms with Crippen LogP contribution in [0.4, 0.5) is 5.69 Å². The third kappa shape index (κ3) is 3.03. The van der Waals surface area contributed by atoms with Crippen molar-refractivity contribution in [2.45, 2.75) is 12.7 Å². The van der Waals surface area contributed by atoms with Gasteiger partial charge < -0.3 is 0 Å². The van der Waals surface area contributed by atoms with E-state index in [0.29, 0.717) is 5.56 Å². The minimum atomic E-state index is -3.63. The van der Waals surface area contributed by atoms with Gasteiger partial charge in [-0.2, -0.15) is 0 Å². The second kappa shape index (κ2) is 5.76. The Balaban J connectivity index is 1.84. The highest BCUT2D eigenvalue weighted by molar-refractivity contribution is 7.91. The zero-order valence-corrected chi connectivity index (χ0v) is 14.1. The quantitative estimate of drug-likeness (QED) is 0.862. The molecule has 0 bridgehead atoms. The molecule has 0 spiro atoms. The van der Waals surface area contributed by atoms with Gasteiger partial charge in [0.15, 0.2) is 0 Å². The molecule has 1 aliphatic heterocycles. The number of rotatable bonds is 4. The first-order valence-corrected chi connectivity index (χ1v) is 8.94. The molecule has 0 unspecified atom stereocenters. The minimum absolute atomic E-state index is 0.168. The van der Waals surface area contributed by atoms with E-state index in [1.165, 1.54) is 25.2 Å². The van der Waals surface area contributed by atoms with Crippen molar-refractivity contribution < 1.29 is 18.0 Å². The molecule has 1 heterocycles. The molecule has 1 N–H and O–H groups in total. The normalized spacial score (nSPS) is 14.0. The van der Waals surface area contributed by atoms with Crippen LogP contribution in [0, 0.1) is 6.92 Å². The highest BCUT2D eigenvalue weighted by Crippen LogP contribution is 2.25. The van der Waals surface area contributed by atoms with E-state index in [4.69, 9.17) is 0 Å². The second-order valence-electron chi connectivity index (χ2n) is 5.78. The van der Waals surface area contributed by atoms with Crippen molar-refractivity contribution in [2.24, 2.45) is 0 Å². The second-order valence-corrected chi connectivity index (χ2v) is 7.50. The number of nitrogens with zero attached hydrogens (tertiary/aromatic N) is 1. The summed E-state index contributed by atoms with van der Waals surface area (Å²) in [6, 6.07) is 11.6. The van der Waals surface area contributed by atoms with Gasteiger partial charge in [-0.1, -0.05) is 29.8 Å². The van der Waals surface area contributed by atoms with Gasteiger partial charge in [-0.15, -0.1) is 0 Å². The van der Waals surface area contributed by atoms with Crippen LogP contribution in [0.15, 0.2) is 42.5 Å². The molecule has 124 valence electrons. The van der Waals surface area contributed by atoms with Crippen molar-refractivity contribution in [3.63, 3.8) is 0 Å². The molecule has 2 aromatic carbocycles. The summed E-state index contributed by atoms with van der Waals surface area (Å²) in [4.78, 5) is 24.8. The fourth-order valence-corrected chi connectivity index (χ4v) is 3.84. The van der Waals surface area contributed by atoms with E-state index in [2.05, 4.69) is 4.72 Å². The number of imide groups is 1. The summed E-state index contributed by atoms with van der Waals surface area (Å²) >= 11 is 0. The van der Waals surface area contributed by atoms with E-state index in [9.17, 15) is 18.0 Å². The number of amides is 2. The van der Waals surface area contributed by atoms with Gasteiger partial charge in [0.1, 0.15) is 0 Å². The lowest BCUT2D eigenvalue weighted by Crippen LogP contribution is -2.24. The van der Waals surface area contributed by atoms with Crippen LogP contribution in [0.3, 0.4) is 0 Å². The summed E-state index contributed by atoms with van der Waals surface area (Å²) in [6.45, 7) is 1.89. The summed E-state index contributed by atoms with van der Waals surface area (Å²) < 4.78 is 27.1. The Morgan fingerprint density at radius 1 is 1.00 bits per heavy atom. The standard InChI is InChI=1S/C17H16N2O4S/c1-11-4-3-5-12(8-11)10-24(22,23)18-13-6-7-14-15(9-13)17(21)19(2)16(14)20/h3-9,18H,10H2,1-2H3. The third-order valence-corrected chi connectivity index (χ3v) is 5.06. The number of hydrogen-bond acceptors (Lipinski definition) is 4. The first kappa shape index (κ1) is 16.2. The molecule has 3 rings (SSSR count). The molecule has 24 heavy (non-hydrogen) atoms. The Bertz CT molecular complexity index is 951. The lowest BCUT2D eigenvalue weighted by Gasteiger charge is -2.09. The molecule has 0 aliphatic carbocycles. The van der Waals surface area contributed by atoms with E-state index < -0.39 is 15.9 Å². The van der Waals surface area contributed by atoms with E-state index in [-0.39, 0.29) is 28.5 Å². The van der Waals surface area contributed by atoms with Gasteiger partial charge in [0, 0.05) is 12.7 Å². The Hall–Kier alpha value is -2.67. The fourth-order valence-electron chi connectivity index (χ4n) is 2.66. The number of fused-ring (bicyclic) bond motifs is 1. The predicted octanol–water partition coefficient (Wildman–Crippen LogP) is 2.16. The van der Waals surface area contributed by atoms with Crippen molar-refractivity contribution in [1.82, 2.24) is 4.90 Å². The largest absolute Gasteiger partial charge is 0.283 e. The zero-order chi connectivity index (χ0) is 17.5. The van der Waals surface area contributed by atoms with Crippen LogP contribution in [0.1, 0.15) is 31.8 Å². The highest BCUT2D eigenvalue weighted by Gasteiger charge is 2.32. The van der Waals surface area contributed by atoms with Gasteiger partial charge in [-0.05, 0) is 30.7 Å². The molecule has 1 aliphatic rings. The number of benzene rings is 2. The maximum atomic E-state index is 12.3. The van der Waals surface area contributed by atoms with Crippen molar-refractivity contribution in [3.8, 4) is 0 Å². The molecule has 0 fully saturated rings. The fraction of sp³-hybridized carbons (Fsp3) is 0.176. The number of carbonyl (C=O) groups excluding carboxylic acids is 2. The van der Waals surface area contributed by atoms with Gasteiger partial charge in [0.25, 0.3) is 11.8 Å². The average Bonchev–Trinajstić information content (AvgIpc) is 2.71. The molecule has 0 atom stereocenters. The summed E-state index contributed by atoms with van der Waals surface area (Å²) in [5.74, 6) is -0.989. The van der Waals surface area contributed by atoms with Crippen molar-refractivity contribution >= 4 is 27.5 Å². The molecular weight excluding hydrogens is 328 g/mol. The van der Waals surface area contributed by atoms with Crippen LogP contribution < -0.4 is 4.72 Å². The molecule has 0 radical (unpaired) electrons. The molecular formula is C17H16N2O4S. The smallest absolute Gasteiger partial charge is 0.261 e. The summed E-state index contributed by atoms with van der Waals surface area (Å²) in [6.07, 6.45) is 0. The number of anilines is 1. The van der Waals surface area contributed by atoms with Crippen LogP contribution in [-0.4, -0.2) is 32.2 Å². The lowest BCUT2D eigenvalue weighted by molar-refractivity contribution is 0.0693. The first-order valence-electron chi connectivity index (χ1n) is 7.29. The molecule has 0 saturated heterocycles.